The third-order valence-corrected chi connectivity index (χ3v) is 5.64. The predicted molar refractivity (Wildman–Crippen MR) is 117 cm³/mol. The minimum atomic E-state index is -0.657. The van der Waals surface area contributed by atoms with Crippen molar-refractivity contribution in [2.45, 2.75) is 13.3 Å². The SMILES string of the molecule is Cc1ccc(/C=C2/SC(=S)N(CCC(=O)Nc3cc([N+](=O)[O-])ccc3[O-])C2=O)cc1. The number of amides is 2. The van der Waals surface area contributed by atoms with Gasteiger partial charge in [-0.05, 0) is 18.6 Å². The Morgan fingerprint density at radius 3 is 2.63 bits per heavy atom. The Morgan fingerprint density at radius 2 is 1.97 bits per heavy atom. The molecule has 3 rings (SSSR count). The van der Waals surface area contributed by atoms with E-state index in [2.05, 4.69) is 5.32 Å². The van der Waals surface area contributed by atoms with Crippen LogP contribution >= 0.6 is 24.0 Å². The van der Waals surface area contributed by atoms with E-state index in [1.165, 1.54) is 4.90 Å². The molecule has 1 aliphatic heterocycles. The average Bonchev–Trinajstić information content (AvgIpc) is 2.96. The molecule has 30 heavy (non-hydrogen) atoms. The van der Waals surface area contributed by atoms with Crippen LogP contribution in [0.15, 0.2) is 47.4 Å². The summed E-state index contributed by atoms with van der Waals surface area (Å²) in [7, 11) is 0. The van der Waals surface area contributed by atoms with Crippen molar-refractivity contribution >= 4 is 57.6 Å². The Labute approximate surface area is 181 Å². The van der Waals surface area contributed by atoms with Crippen molar-refractivity contribution in [3.63, 3.8) is 0 Å². The summed E-state index contributed by atoms with van der Waals surface area (Å²) in [5.74, 6) is -1.39. The molecule has 0 aromatic heterocycles. The molecule has 1 aliphatic rings. The number of non-ortho nitro benzene ring substituents is 1. The number of nitro benzene ring substituents is 1. The van der Waals surface area contributed by atoms with Crippen molar-refractivity contribution < 1.29 is 19.6 Å². The number of nitrogens with zero attached hydrogens (tertiary/aromatic N) is 2. The standard InChI is InChI=1S/C20H17N3O5S2/c1-12-2-4-13(5-3-12)10-17-19(26)22(20(29)30-17)9-8-18(25)21-15-11-14(23(27)28)6-7-16(15)24/h2-7,10-11,24H,8-9H2,1H3,(H,21,25)/p-1/b17-10+. The average molecular weight is 442 g/mol. The van der Waals surface area contributed by atoms with Gasteiger partial charge in [0.05, 0.1) is 9.83 Å². The number of thioether (sulfide) groups is 1. The van der Waals surface area contributed by atoms with Crippen molar-refractivity contribution in [1.29, 1.82) is 0 Å². The number of nitrogens with one attached hydrogen (secondary N) is 1. The van der Waals surface area contributed by atoms with Gasteiger partial charge in [0.2, 0.25) is 5.91 Å². The lowest BCUT2D eigenvalue weighted by Gasteiger charge is -2.16. The molecule has 154 valence electrons. The van der Waals surface area contributed by atoms with Gasteiger partial charge in [0.25, 0.3) is 11.6 Å². The number of rotatable bonds is 6. The highest BCUT2D eigenvalue weighted by Crippen LogP contribution is 2.33. The molecule has 0 atom stereocenters. The molecule has 1 fully saturated rings. The molecule has 8 nitrogen and oxygen atoms in total. The maximum absolute atomic E-state index is 12.6. The second kappa shape index (κ2) is 9.06. The second-order valence-corrected chi connectivity index (χ2v) is 8.16. The molecule has 1 N–H and O–H groups in total. The second-order valence-electron chi connectivity index (χ2n) is 6.48. The van der Waals surface area contributed by atoms with Gasteiger partial charge in [0, 0.05) is 30.8 Å². The zero-order valence-electron chi connectivity index (χ0n) is 15.8. The van der Waals surface area contributed by atoms with E-state index in [1.54, 1.807) is 6.08 Å². The van der Waals surface area contributed by atoms with Crippen LogP contribution in [0.1, 0.15) is 17.5 Å². The van der Waals surface area contributed by atoms with Gasteiger partial charge in [-0.1, -0.05) is 65.6 Å². The quantitative estimate of drug-likeness (QED) is 0.316. The summed E-state index contributed by atoms with van der Waals surface area (Å²) in [5, 5.41) is 25.0. The predicted octanol–water partition coefficient (Wildman–Crippen LogP) is 3.21. The number of hydrogen-bond donors (Lipinski definition) is 1. The van der Waals surface area contributed by atoms with E-state index >= 15 is 0 Å². The van der Waals surface area contributed by atoms with Gasteiger partial charge in [-0.2, -0.15) is 0 Å². The number of anilines is 1. The van der Waals surface area contributed by atoms with Crippen molar-refractivity contribution in [2.24, 2.45) is 0 Å². The van der Waals surface area contributed by atoms with E-state index in [1.807, 2.05) is 31.2 Å². The highest BCUT2D eigenvalue weighted by molar-refractivity contribution is 8.26. The summed E-state index contributed by atoms with van der Waals surface area (Å²) in [6.07, 6.45) is 1.62. The van der Waals surface area contributed by atoms with Crippen molar-refractivity contribution in [3.05, 3.63) is 68.6 Å². The van der Waals surface area contributed by atoms with Crippen molar-refractivity contribution in [1.82, 2.24) is 4.90 Å². The summed E-state index contributed by atoms with van der Waals surface area (Å²) >= 11 is 6.41. The minimum Gasteiger partial charge on any atom is -0.871 e. The number of nitro groups is 1. The molecule has 0 radical (unpaired) electrons. The zero-order chi connectivity index (χ0) is 21.8. The monoisotopic (exact) mass is 442 g/mol. The van der Waals surface area contributed by atoms with Gasteiger partial charge in [0.1, 0.15) is 4.32 Å². The van der Waals surface area contributed by atoms with E-state index in [-0.39, 0.29) is 30.2 Å². The molecule has 2 aromatic carbocycles. The molecule has 0 bridgehead atoms. The molecular formula is C20H16N3O5S2-. The lowest BCUT2D eigenvalue weighted by Crippen LogP contribution is -2.31. The Bertz CT molecular complexity index is 1070. The van der Waals surface area contributed by atoms with E-state index in [9.17, 15) is 24.8 Å². The maximum atomic E-state index is 12.6. The van der Waals surface area contributed by atoms with Gasteiger partial charge in [-0.15, -0.1) is 0 Å². The third kappa shape index (κ3) is 5.02. The summed E-state index contributed by atoms with van der Waals surface area (Å²) in [5.41, 5.74) is 1.49. The van der Waals surface area contributed by atoms with Gasteiger partial charge >= 0.3 is 0 Å². The number of carbonyl (C=O) groups is 2. The third-order valence-electron chi connectivity index (χ3n) is 4.26. The normalized spacial score (nSPS) is 15.0. The molecule has 0 spiro atoms. The Balaban J connectivity index is 1.63. The fourth-order valence-corrected chi connectivity index (χ4v) is 3.97. The minimum absolute atomic E-state index is 0.0326. The van der Waals surface area contributed by atoms with Crippen LogP contribution in [0.5, 0.6) is 5.75 Å². The zero-order valence-corrected chi connectivity index (χ0v) is 17.4. The first-order valence-electron chi connectivity index (χ1n) is 8.82. The Hall–Kier alpha value is -3.24. The Kier molecular flexibility index (Phi) is 6.48. The number of thiocarbonyl (C=S) groups is 1. The molecule has 0 unspecified atom stereocenters. The topological polar surface area (TPSA) is 116 Å². The van der Waals surface area contributed by atoms with E-state index < -0.39 is 16.6 Å². The smallest absolute Gasteiger partial charge is 0.271 e. The number of aryl methyl sites for hydroxylation is 1. The number of benzene rings is 2. The van der Waals surface area contributed by atoms with Crippen LogP contribution in [-0.2, 0) is 9.59 Å². The van der Waals surface area contributed by atoms with E-state index in [4.69, 9.17) is 12.2 Å². The highest BCUT2D eigenvalue weighted by Gasteiger charge is 2.32. The first-order chi connectivity index (χ1) is 14.2. The van der Waals surface area contributed by atoms with Gasteiger partial charge in [0.15, 0.2) is 0 Å². The van der Waals surface area contributed by atoms with Crippen LogP contribution < -0.4 is 10.4 Å². The summed E-state index contributed by atoms with van der Waals surface area (Å²) in [6, 6.07) is 10.8. The van der Waals surface area contributed by atoms with Crippen LogP contribution in [0.25, 0.3) is 6.08 Å². The first-order valence-corrected chi connectivity index (χ1v) is 10.0. The van der Waals surface area contributed by atoms with Gasteiger partial charge in [-0.25, -0.2) is 0 Å². The molecule has 2 aromatic rings. The lowest BCUT2D eigenvalue weighted by molar-refractivity contribution is -0.385. The van der Waals surface area contributed by atoms with Crippen LogP contribution in [0, 0.1) is 17.0 Å². The number of hydrogen-bond acceptors (Lipinski definition) is 7. The Morgan fingerprint density at radius 1 is 1.27 bits per heavy atom. The fraction of sp³-hybridized carbons (Fsp3) is 0.150. The first kappa shape index (κ1) is 21.5. The molecule has 0 aliphatic carbocycles. The molecule has 10 heteroatoms. The fourth-order valence-electron chi connectivity index (χ4n) is 2.66. The van der Waals surface area contributed by atoms with Crippen LogP contribution in [-0.4, -0.2) is 32.5 Å². The molecule has 0 saturated carbocycles. The van der Waals surface area contributed by atoms with Crippen molar-refractivity contribution in [3.8, 4) is 5.75 Å². The molecular weight excluding hydrogens is 426 g/mol. The molecule has 1 saturated heterocycles. The van der Waals surface area contributed by atoms with Crippen LogP contribution in [0.2, 0.25) is 0 Å². The molecule has 1 heterocycles. The van der Waals surface area contributed by atoms with Crippen molar-refractivity contribution in [2.75, 3.05) is 11.9 Å². The lowest BCUT2D eigenvalue weighted by atomic mass is 10.1. The summed E-state index contributed by atoms with van der Waals surface area (Å²) < 4.78 is 0.339. The maximum Gasteiger partial charge on any atom is 0.271 e. The summed E-state index contributed by atoms with van der Waals surface area (Å²) in [4.78, 5) is 36.8. The molecule has 2 amide bonds. The van der Waals surface area contributed by atoms with Crippen LogP contribution in [0.3, 0.4) is 0 Å². The largest absolute Gasteiger partial charge is 0.871 e. The van der Waals surface area contributed by atoms with E-state index in [0.717, 1.165) is 41.1 Å². The highest BCUT2D eigenvalue weighted by atomic mass is 32.2. The van der Waals surface area contributed by atoms with Crippen LogP contribution in [0.4, 0.5) is 11.4 Å². The summed E-state index contributed by atoms with van der Waals surface area (Å²) in [6.45, 7) is 2.00. The van der Waals surface area contributed by atoms with Gasteiger partial charge in [-0.3, -0.25) is 24.6 Å². The van der Waals surface area contributed by atoms with E-state index in [0.29, 0.717) is 9.23 Å². The van der Waals surface area contributed by atoms with Gasteiger partial charge < -0.3 is 10.4 Å². The number of carbonyl (C=O) groups excluding carboxylic acids is 2.